The van der Waals surface area contributed by atoms with Crippen molar-refractivity contribution < 1.29 is 14.3 Å². The fourth-order valence-corrected chi connectivity index (χ4v) is 3.00. The van der Waals surface area contributed by atoms with Gasteiger partial charge < -0.3 is 10.1 Å². The second-order valence-electron chi connectivity index (χ2n) is 4.29. The summed E-state index contributed by atoms with van der Waals surface area (Å²) >= 11 is 7.18. The van der Waals surface area contributed by atoms with Gasteiger partial charge in [-0.3, -0.25) is 9.69 Å². The summed E-state index contributed by atoms with van der Waals surface area (Å²) in [6.07, 6.45) is -0.686. The maximum absolute atomic E-state index is 11.7. The van der Waals surface area contributed by atoms with Crippen LogP contribution < -0.4 is 10.2 Å². The summed E-state index contributed by atoms with van der Waals surface area (Å²) in [7, 11) is 0. The highest BCUT2D eigenvalue weighted by Gasteiger charge is 2.32. The fourth-order valence-electron chi connectivity index (χ4n) is 2.05. The number of ether oxygens (including phenoxy) is 1. The van der Waals surface area contributed by atoms with E-state index in [9.17, 15) is 9.59 Å². The van der Waals surface area contributed by atoms with E-state index in [1.54, 1.807) is 6.07 Å². The molecule has 0 spiro atoms. The van der Waals surface area contributed by atoms with Crippen LogP contribution in [0.1, 0.15) is 0 Å². The first-order chi connectivity index (χ1) is 9.17. The lowest BCUT2D eigenvalue weighted by Crippen LogP contribution is -2.25. The summed E-state index contributed by atoms with van der Waals surface area (Å²) in [5.74, 6) is 0.670. The molecule has 1 saturated heterocycles. The Morgan fingerprint density at radius 2 is 2.32 bits per heavy atom. The SMILES string of the molecule is O=C1CSc2ccc(N3C[C@H](CCl)OC3=O)cc2N1. The lowest BCUT2D eigenvalue weighted by atomic mass is 10.2. The number of amides is 2. The van der Waals surface area contributed by atoms with Gasteiger partial charge >= 0.3 is 6.09 Å². The van der Waals surface area contributed by atoms with Gasteiger partial charge in [-0.15, -0.1) is 23.4 Å². The molecule has 2 aliphatic heterocycles. The average Bonchev–Trinajstić information content (AvgIpc) is 2.79. The van der Waals surface area contributed by atoms with Gasteiger partial charge in [0.1, 0.15) is 6.10 Å². The van der Waals surface area contributed by atoms with Crippen molar-refractivity contribution in [2.45, 2.75) is 11.0 Å². The molecule has 0 aromatic heterocycles. The van der Waals surface area contributed by atoms with Crippen LogP contribution in [0.5, 0.6) is 0 Å². The zero-order valence-electron chi connectivity index (χ0n) is 9.89. The highest BCUT2D eigenvalue weighted by atomic mass is 35.5. The number of nitrogens with zero attached hydrogens (tertiary/aromatic N) is 1. The normalized spacial score (nSPS) is 21.9. The van der Waals surface area contributed by atoms with Gasteiger partial charge in [0, 0.05) is 10.6 Å². The van der Waals surface area contributed by atoms with E-state index in [-0.39, 0.29) is 17.9 Å². The van der Waals surface area contributed by atoms with Crippen LogP contribution in [-0.4, -0.2) is 36.3 Å². The van der Waals surface area contributed by atoms with Crippen molar-refractivity contribution >= 4 is 46.7 Å². The second kappa shape index (κ2) is 4.94. The molecule has 2 amide bonds. The third-order valence-electron chi connectivity index (χ3n) is 2.95. The maximum atomic E-state index is 11.7. The molecule has 0 radical (unpaired) electrons. The molecule has 19 heavy (non-hydrogen) atoms. The Morgan fingerprint density at radius 1 is 1.47 bits per heavy atom. The quantitative estimate of drug-likeness (QED) is 0.851. The van der Waals surface area contributed by atoms with Crippen LogP contribution in [0.4, 0.5) is 16.2 Å². The predicted octanol–water partition coefficient (Wildman–Crippen LogP) is 2.29. The number of rotatable bonds is 2. The van der Waals surface area contributed by atoms with E-state index in [4.69, 9.17) is 16.3 Å². The molecule has 0 unspecified atom stereocenters. The van der Waals surface area contributed by atoms with E-state index >= 15 is 0 Å². The maximum Gasteiger partial charge on any atom is 0.414 e. The summed E-state index contributed by atoms with van der Waals surface area (Å²) in [4.78, 5) is 25.6. The van der Waals surface area contributed by atoms with Gasteiger partial charge in [-0.1, -0.05) is 0 Å². The first kappa shape index (κ1) is 12.6. The summed E-state index contributed by atoms with van der Waals surface area (Å²) in [5, 5.41) is 2.80. The van der Waals surface area contributed by atoms with Gasteiger partial charge in [0.2, 0.25) is 5.91 Å². The number of hydrogen-bond acceptors (Lipinski definition) is 4. The molecule has 0 bridgehead atoms. The summed E-state index contributed by atoms with van der Waals surface area (Å²) in [6, 6.07) is 5.54. The minimum absolute atomic E-state index is 0.0303. The number of anilines is 2. The van der Waals surface area contributed by atoms with Crippen molar-refractivity contribution in [3.63, 3.8) is 0 Å². The third-order valence-corrected chi connectivity index (χ3v) is 4.37. The molecule has 100 valence electrons. The lowest BCUT2D eigenvalue weighted by molar-refractivity contribution is -0.113. The van der Waals surface area contributed by atoms with Gasteiger partial charge in [-0.05, 0) is 18.2 Å². The van der Waals surface area contributed by atoms with Crippen molar-refractivity contribution in [2.75, 3.05) is 28.4 Å². The molecule has 1 N–H and O–H groups in total. The molecule has 1 aromatic rings. The Bertz CT molecular complexity index is 552. The number of hydrogen-bond donors (Lipinski definition) is 1. The van der Waals surface area contributed by atoms with Crippen molar-refractivity contribution in [2.24, 2.45) is 0 Å². The van der Waals surface area contributed by atoms with E-state index in [0.29, 0.717) is 18.0 Å². The topological polar surface area (TPSA) is 58.6 Å². The average molecular weight is 299 g/mol. The van der Waals surface area contributed by atoms with Gasteiger partial charge in [0.25, 0.3) is 0 Å². The fraction of sp³-hybridized carbons (Fsp3) is 0.333. The van der Waals surface area contributed by atoms with Crippen molar-refractivity contribution in [1.29, 1.82) is 0 Å². The molecule has 2 heterocycles. The lowest BCUT2D eigenvalue weighted by Gasteiger charge is -2.19. The van der Waals surface area contributed by atoms with Crippen molar-refractivity contribution in [3.05, 3.63) is 18.2 Å². The minimum Gasteiger partial charge on any atom is -0.443 e. The molecule has 7 heteroatoms. The number of alkyl halides is 1. The van der Waals surface area contributed by atoms with Gasteiger partial charge in [-0.2, -0.15) is 0 Å². The number of fused-ring (bicyclic) bond motifs is 1. The van der Waals surface area contributed by atoms with Crippen LogP contribution in [0.3, 0.4) is 0 Å². The van der Waals surface area contributed by atoms with Crippen LogP contribution in [0, 0.1) is 0 Å². The molecule has 5 nitrogen and oxygen atoms in total. The van der Waals surface area contributed by atoms with Crippen LogP contribution in [0.2, 0.25) is 0 Å². The predicted molar refractivity (Wildman–Crippen MR) is 74.1 cm³/mol. The Hall–Kier alpha value is -1.40. The molecule has 2 aliphatic rings. The minimum atomic E-state index is -0.402. The number of carbonyl (C=O) groups excluding carboxylic acids is 2. The Labute approximate surface area is 119 Å². The van der Waals surface area contributed by atoms with E-state index in [1.807, 2.05) is 12.1 Å². The van der Waals surface area contributed by atoms with E-state index in [2.05, 4.69) is 5.32 Å². The molecule has 0 saturated carbocycles. The van der Waals surface area contributed by atoms with Gasteiger partial charge in [0.15, 0.2) is 0 Å². The van der Waals surface area contributed by atoms with Crippen LogP contribution >= 0.6 is 23.4 Å². The zero-order chi connectivity index (χ0) is 13.4. The standard InChI is InChI=1S/C12H11ClN2O3S/c13-4-8-5-15(12(17)18-8)7-1-2-10-9(3-7)14-11(16)6-19-10/h1-3,8H,4-6H2,(H,14,16)/t8-/m0/s1. The number of carbonyl (C=O) groups is 2. The third kappa shape index (κ3) is 2.37. The van der Waals surface area contributed by atoms with Crippen LogP contribution in [-0.2, 0) is 9.53 Å². The number of nitrogens with one attached hydrogen (secondary N) is 1. The highest BCUT2D eigenvalue weighted by molar-refractivity contribution is 8.00. The van der Waals surface area contributed by atoms with Crippen LogP contribution in [0.15, 0.2) is 23.1 Å². The first-order valence-corrected chi connectivity index (χ1v) is 7.30. The zero-order valence-corrected chi connectivity index (χ0v) is 11.5. The number of cyclic esters (lactones) is 1. The van der Waals surface area contributed by atoms with Crippen LogP contribution in [0.25, 0.3) is 0 Å². The Morgan fingerprint density at radius 3 is 3.05 bits per heavy atom. The molecular weight excluding hydrogens is 288 g/mol. The van der Waals surface area contributed by atoms with Crippen molar-refractivity contribution in [3.8, 4) is 0 Å². The first-order valence-electron chi connectivity index (χ1n) is 5.78. The van der Waals surface area contributed by atoms with Gasteiger partial charge in [-0.25, -0.2) is 4.79 Å². The van der Waals surface area contributed by atoms with E-state index in [1.165, 1.54) is 16.7 Å². The number of thioether (sulfide) groups is 1. The van der Waals surface area contributed by atoms with Crippen molar-refractivity contribution in [1.82, 2.24) is 0 Å². The molecule has 1 atom stereocenters. The number of halogens is 1. The summed E-state index contributed by atoms with van der Waals surface area (Å²) in [5.41, 5.74) is 1.44. The number of benzene rings is 1. The molecule has 1 aromatic carbocycles. The largest absolute Gasteiger partial charge is 0.443 e. The second-order valence-corrected chi connectivity index (χ2v) is 5.61. The molecule has 0 aliphatic carbocycles. The summed E-state index contributed by atoms with van der Waals surface area (Å²) in [6.45, 7) is 0.433. The molecule has 3 rings (SSSR count). The Kier molecular flexibility index (Phi) is 3.28. The smallest absolute Gasteiger partial charge is 0.414 e. The highest BCUT2D eigenvalue weighted by Crippen LogP contribution is 2.35. The van der Waals surface area contributed by atoms with Gasteiger partial charge in [0.05, 0.1) is 23.9 Å². The monoisotopic (exact) mass is 298 g/mol. The summed E-state index contributed by atoms with van der Waals surface area (Å²) < 4.78 is 5.11. The van der Waals surface area contributed by atoms with E-state index in [0.717, 1.165) is 10.6 Å². The molecule has 1 fully saturated rings. The Balaban J connectivity index is 1.88. The van der Waals surface area contributed by atoms with E-state index < -0.39 is 6.09 Å². The molecular formula is C12H11ClN2O3S.